The standard InChI is InChI=1S/C50H56N10O4/c1-31-38(27-41-40(14-19-53-46(31)41)35-10-11-42-37(26-35)29-54-56-42)30-58-22-15-33(16-23-58)32-6-8-34(9-7-32)49(63)59-24-17-39(18-25-59)52-21-20-51-28-36-4-3-5-43-47(36)57(2)50(64)60(43)44-12-13-45(61)55-48(44)62/h3-11,14,19,26-27,29,31,33,39,44,51-52H,12-13,15-18,20-25,28,30H2,1-2H3,(H,54,56)(H,55,61,62). The summed E-state index contributed by atoms with van der Waals surface area (Å²) in [7, 11) is 1.73. The largest absolute Gasteiger partial charge is 0.339 e. The molecule has 6 aromatic rings. The summed E-state index contributed by atoms with van der Waals surface area (Å²) in [5, 5.41) is 17.9. The number of nitrogens with zero attached hydrogens (tertiary/aromatic N) is 6. The maximum Gasteiger partial charge on any atom is 0.329 e. The number of aromatic amines is 1. The second kappa shape index (κ2) is 17.7. The predicted octanol–water partition coefficient (Wildman–Crippen LogP) is 5.62. The van der Waals surface area contributed by atoms with Crippen molar-refractivity contribution in [2.45, 2.75) is 75.9 Å². The highest BCUT2D eigenvalue weighted by molar-refractivity contribution is 6.00. The number of likely N-dealkylation sites (tertiary alicyclic amines) is 2. The number of benzene rings is 3. The molecule has 3 fully saturated rings. The Labute approximate surface area is 372 Å². The van der Waals surface area contributed by atoms with Gasteiger partial charge in [-0.1, -0.05) is 43.3 Å². The van der Waals surface area contributed by atoms with Gasteiger partial charge in [-0.3, -0.25) is 43.8 Å². The maximum absolute atomic E-state index is 13.6. The maximum atomic E-state index is 13.6. The quantitative estimate of drug-likeness (QED) is 0.0905. The summed E-state index contributed by atoms with van der Waals surface area (Å²) >= 11 is 0. The highest BCUT2D eigenvalue weighted by atomic mass is 16.2. The SMILES string of the molecule is CC1C(CN2CCC(c3ccc(C(=O)N4CCC(NCCNCc5cccc6c5n(C)c(=O)n6C5CCC(=O)NC5=O)CC4)cc3)CC2)=Cc2c(-c3ccc4[nH]ncc4c3)ccnc21. The van der Waals surface area contributed by atoms with Crippen molar-refractivity contribution in [3.05, 3.63) is 123 Å². The summed E-state index contributed by atoms with van der Waals surface area (Å²) in [6.45, 7) is 8.86. The van der Waals surface area contributed by atoms with E-state index >= 15 is 0 Å². The molecule has 2 atom stereocenters. The lowest BCUT2D eigenvalue weighted by molar-refractivity contribution is -0.135. The zero-order chi connectivity index (χ0) is 43.9. The van der Waals surface area contributed by atoms with Crippen molar-refractivity contribution in [2.75, 3.05) is 45.8 Å². The molecule has 3 aliphatic heterocycles. The molecular formula is C50H56N10O4. The van der Waals surface area contributed by atoms with Gasteiger partial charge >= 0.3 is 5.69 Å². The number of amides is 3. The number of aryl methyl sites for hydroxylation is 1. The first-order valence-electron chi connectivity index (χ1n) is 22.9. The molecule has 3 aromatic carbocycles. The van der Waals surface area contributed by atoms with Crippen LogP contribution in [0.5, 0.6) is 0 Å². The molecule has 0 radical (unpaired) electrons. The number of imide groups is 1. The fourth-order valence-corrected chi connectivity index (χ4v) is 10.5. The van der Waals surface area contributed by atoms with E-state index in [0.29, 0.717) is 30.4 Å². The summed E-state index contributed by atoms with van der Waals surface area (Å²) in [4.78, 5) is 60.6. The lowest BCUT2D eigenvalue weighted by Gasteiger charge is -2.33. The molecule has 14 heteroatoms. The summed E-state index contributed by atoms with van der Waals surface area (Å²) in [5.41, 5.74) is 11.5. The molecule has 2 unspecified atom stereocenters. The van der Waals surface area contributed by atoms with Crippen LogP contribution in [0.15, 0.2) is 89.5 Å². The third-order valence-electron chi connectivity index (χ3n) is 14.2. The second-order valence-corrected chi connectivity index (χ2v) is 18.1. The molecule has 0 bridgehead atoms. The average Bonchev–Trinajstić information content (AvgIpc) is 4.00. The lowest BCUT2D eigenvalue weighted by Crippen LogP contribution is -2.46. The monoisotopic (exact) mass is 860 g/mol. The van der Waals surface area contributed by atoms with E-state index in [1.807, 2.05) is 47.6 Å². The third-order valence-corrected chi connectivity index (χ3v) is 14.2. The van der Waals surface area contributed by atoms with E-state index in [2.05, 4.69) is 80.4 Å². The summed E-state index contributed by atoms with van der Waals surface area (Å²) < 4.78 is 3.11. The van der Waals surface area contributed by atoms with Gasteiger partial charge in [-0.15, -0.1) is 0 Å². The number of aromatic nitrogens is 5. The van der Waals surface area contributed by atoms with Crippen LogP contribution in [0, 0.1) is 0 Å². The molecule has 4 aliphatic rings. The number of H-pyrrole nitrogens is 1. The zero-order valence-electron chi connectivity index (χ0n) is 36.6. The Bertz CT molecular complexity index is 2820. The fraction of sp³-hybridized carbons (Fsp3) is 0.400. The van der Waals surface area contributed by atoms with Crippen molar-refractivity contribution >= 4 is 45.7 Å². The van der Waals surface area contributed by atoms with Crippen molar-refractivity contribution in [3.8, 4) is 11.1 Å². The van der Waals surface area contributed by atoms with Crippen LogP contribution in [0.3, 0.4) is 0 Å². The van der Waals surface area contributed by atoms with Gasteiger partial charge in [0.1, 0.15) is 6.04 Å². The first kappa shape index (κ1) is 41.8. The van der Waals surface area contributed by atoms with Gasteiger partial charge in [-0.25, -0.2) is 4.79 Å². The number of hydrogen-bond donors (Lipinski definition) is 4. The number of carbonyl (C=O) groups is 3. The summed E-state index contributed by atoms with van der Waals surface area (Å²) in [5.74, 6) is 0.147. The molecule has 0 spiro atoms. The number of hydrogen-bond acceptors (Lipinski definition) is 9. The number of piperidine rings is 3. The molecule has 3 aromatic heterocycles. The Morgan fingerprint density at radius 3 is 2.52 bits per heavy atom. The number of fused-ring (bicyclic) bond motifs is 3. The van der Waals surface area contributed by atoms with E-state index < -0.39 is 11.9 Å². The fourth-order valence-electron chi connectivity index (χ4n) is 10.5. The number of para-hydroxylation sites is 1. The molecule has 3 amide bonds. The van der Waals surface area contributed by atoms with Gasteiger partial charge in [0.05, 0.1) is 28.4 Å². The zero-order valence-corrected chi connectivity index (χ0v) is 36.6. The second-order valence-electron chi connectivity index (χ2n) is 18.1. The molecule has 330 valence electrons. The van der Waals surface area contributed by atoms with Crippen molar-refractivity contribution in [1.29, 1.82) is 0 Å². The van der Waals surface area contributed by atoms with Gasteiger partial charge in [0, 0.05) is 87.4 Å². The summed E-state index contributed by atoms with van der Waals surface area (Å²) in [6.07, 6.45) is 10.7. The van der Waals surface area contributed by atoms with E-state index in [1.54, 1.807) is 11.6 Å². The first-order chi connectivity index (χ1) is 31.2. The highest BCUT2D eigenvalue weighted by Gasteiger charge is 2.32. The van der Waals surface area contributed by atoms with Gasteiger partial charge in [0.2, 0.25) is 11.8 Å². The van der Waals surface area contributed by atoms with Gasteiger partial charge in [0.25, 0.3) is 5.91 Å². The van der Waals surface area contributed by atoms with E-state index in [-0.39, 0.29) is 29.8 Å². The molecule has 6 heterocycles. The average molecular weight is 861 g/mol. The Morgan fingerprint density at radius 2 is 1.72 bits per heavy atom. The molecule has 10 rings (SSSR count). The van der Waals surface area contributed by atoms with Crippen molar-refractivity contribution in [2.24, 2.45) is 7.05 Å². The van der Waals surface area contributed by atoms with Crippen LogP contribution < -0.4 is 21.6 Å². The minimum absolute atomic E-state index is 0.108. The minimum atomic E-state index is -0.705. The van der Waals surface area contributed by atoms with Crippen LogP contribution >= 0.6 is 0 Å². The van der Waals surface area contributed by atoms with Crippen molar-refractivity contribution < 1.29 is 14.4 Å². The molecule has 14 nitrogen and oxygen atoms in total. The van der Waals surface area contributed by atoms with Gasteiger partial charge in [-0.05, 0) is 115 Å². The van der Waals surface area contributed by atoms with Crippen LogP contribution in [0.2, 0.25) is 0 Å². The van der Waals surface area contributed by atoms with Gasteiger partial charge < -0.3 is 15.5 Å². The highest BCUT2D eigenvalue weighted by Crippen LogP contribution is 2.41. The molecule has 4 N–H and O–H groups in total. The normalized spacial score (nSPS) is 20.0. The Hall–Kier alpha value is -6.22. The van der Waals surface area contributed by atoms with Crippen molar-refractivity contribution in [1.82, 2.24) is 50.1 Å². The third kappa shape index (κ3) is 8.10. The smallest absolute Gasteiger partial charge is 0.329 e. The van der Waals surface area contributed by atoms with Crippen LogP contribution in [-0.2, 0) is 23.2 Å². The topological polar surface area (TPSA) is 162 Å². The lowest BCUT2D eigenvalue weighted by atomic mass is 9.88. The van der Waals surface area contributed by atoms with Gasteiger partial charge in [-0.2, -0.15) is 5.10 Å². The molecule has 3 saturated heterocycles. The number of carbonyl (C=O) groups excluding carboxylic acids is 3. The Kier molecular flexibility index (Phi) is 11.6. The van der Waals surface area contributed by atoms with Gasteiger partial charge in [0.15, 0.2) is 0 Å². The molecular weight excluding hydrogens is 805 g/mol. The molecule has 0 saturated carbocycles. The molecule has 64 heavy (non-hydrogen) atoms. The predicted molar refractivity (Wildman–Crippen MR) is 248 cm³/mol. The Balaban J connectivity index is 0.662. The number of nitrogens with one attached hydrogen (secondary N) is 4. The summed E-state index contributed by atoms with van der Waals surface area (Å²) in [6, 6.07) is 22.4. The number of rotatable bonds is 12. The van der Waals surface area contributed by atoms with E-state index in [0.717, 1.165) is 105 Å². The van der Waals surface area contributed by atoms with E-state index in [1.165, 1.54) is 32.4 Å². The van der Waals surface area contributed by atoms with Crippen LogP contribution in [-0.4, -0.2) is 104 Å². The minimum Gasteiger partial charge on any atom is -0.339 e. The van der Waals surface area contributed by atoms with Crippen LogP contribution in [0.4, 0.5) is 0 Å². The number of pyridine rings is 1. The van der Waals surface area contributed by atoms with Crippen LogP contribution in [0.25, 0.3) is 39.1 Å². The van der Waals surface area contributed by atoms with E-state index in [4.69, 9.17) is 4.98 Å². The Morgan fingerprint density at radius 1 is 0.906 bits per heavy atom. The van der Waals surface area contributed by atoms with Crippen molar-refractivity contribution in [3.63, 3.8) is 0 Å². The first-order valence-corrected chi connectivity index (χ1v) is 22.9. The molecule has 1 aliphatic carbocycles. The van der Waals surface area contributed by atoms with Crippen LogP contribution in [0.1, 0.15) is 96.1 Å². The number of imidazole rings is 1. The van der Waals surface area contributed by atoms with E-state index in [9.17, 15) is 19.2 Å².